The molecule has 0 saturated carbocycles. The van der Waals surface area contributed by atoms with Crippen LogP contribution in [0.2, 0.25) is 0 Å². The van der Waals surface area contributed by atoms with Gasteiger partial charge in [0, 0.05) is 25.2 Å². The Hall–Kier alpha value is -3.07. The number of hydrogen-bond donors (Lipinski definition) is 0. The SMILES string of the molecule is COc1ccccc1-n1c(SCC(=O)N2CC(C)CC(C)C2)nc2cc([N+](=O)[O-])ccc21. The molecule has 1 saturated heterocycles. The largest absolute Gasteiger partial charge is 0.495 e. The van der Waals surface area contributed by atoms with Crippen LogP contribution in [0.1, 0.15) is 20.3 Å². The van der Waals surface area contributed by atoms with Crippen molar-refractivity contribution in [1.82, 2.24) is 14.5 Å². The predicted octanol–water partition coefficient (Wildman–Crippen LogP) is 4.54. The Morgan fingerprint density at radius 3 is 2.62 bits per heavy atom. The zero-order valence-corrected chi connectivity index (χ0v) is 19.2. The van der Waals surface area contributed by atoms with Crippen LogP contribution in [0.4, 0.5) is 5.69 Å². The van der Waals surface area contributed by atoms with Crippen LogP contribution in [0.15, 0.2) is 47.6 Å². The Balaban J connectivity index is 1.69. The van der Waals surface area contributed by atoms with Gasteiger partial charge in [0.05, 0.1) is 34.5 Å². The van der Waals surface area contributed by atoms with Crippen LogP contribution in [-0.2, 0) is 4.79 Å². The summed E-state index contributed by atoms with van der Waals surface area (Å²) in [5.74, 6) is 1.97. The molecular formula is C23H26N4O4S. The van der Waals surface area contributed by atoms with E-state index in [0.29, 0.717) is 28.3 Å². The number of non-ortho nitro benzene ring substituents is 1. The third-order valence-electron chi connectivity index (χ3n) is 5.69. The number of imidazole rings is 1. The average molecular weight is 455 g/mol. The number of nitro benzene ring substituents is 1. The number of thioether (sulfide) groups is 1. The number of nitrogens with zero attached hydrogens (tertiary/aromatic N) is 4. The number of aromatic nitrogens is 2. The lowest BCUT2D eigenvalue weighted by Gasteiger charge is -2.35. The van der Waals surface area contributed by atoms with Crippen LogP contribution >= 0.6 is 11.8 Å². The van der Waals surface area contributed by atoms with Gasteiger partial charge in [-0.25, -0.2) is 4.98 Å². The summed E-state index contributed by atoms with van der Waals surface area (Å²) in [5.41, 5.74) is 1.96. The molecule has 32 heavy (non-hydrogen) atoms. The molecule has 2 heterocycles. The smallest absolute Gasteiger partial charge is 0.271 e. The molecule has 1 aliphatic rings. The summed E-state index contributed by atoms with van der Waals surface area (Å²) >= 11 is 1.34. The first kappa shape index (κ1) is 22.1. The average Bonchev–Trinajstić information content (AvgIpc) is 3.14. The lowest BCUT2D eigenvalue weighted by atomic mass is 9.92. The van der Waals surface area contributed by atoms with E-state index in [1.165, 1.54) is 23.9 Å². The fourth-order valence-electron chi connectivity index (χ4n) is 4.39. The van der Waals surface area contributed by atoms with Crippen molar-refractivity contribution in [3.8, 4) is 11.4 Å². The highest BCUT2D eigenvalue weighted by Crippen LogP contribution is 2.34. The first-order valence-corrected chi connectivity index (χ1v) is 11.6. The van der Waals surface area contributed by atoms with E-state index in [0.717, 1.165) is 30.7 Å². The number of benzene rings is 2. The molecule has 2 atom stereocenters. The minimum Gasteiger partial charge on any atom is -0.495 e. The fraction of sp³-hybridized carbons (Fsp3) is 0.391. The third-order valence-corrected chi connectivity index (χ3v) is 6.61. The molecule has 4 rings (SSSR count). The van der Waals surface area contributed by atoms with E-state index in [9.17, 15) is 14.9 Å². The number of para-hydroxylation sites is 2. The van der Waals surface area contributed by atoms with Crippen LogP contribution in [0.3, 0.4) is 0 Å². The Morgan fingerprint density at radius 2 is 1.94 bits per heavy atom. The van der Waals surface area contributed by atoms with E-state index in [1.807, 2.05) is 33.7 Å². The van der Waals surface area contributed by atoms with Crippen LogP contribution in [0, 0.1) is 22.0 Å². The van der Waals surface area contributed by atoms with Crippen molar-refractivity contribution in [2.75, 3.05) is 26.0 Å². The van der Waals surface area contributed by atoms with E-state index in [1.54, 1.807) is 13.2 Å². The molecule has 8 nitrogen and oxygen atoms in total. The highest BCUT2D eigenvalue weighted by molar-refractivity contribution is 7.99. The minimum atomic E-state index is -0.434. The van der Waals surface area contributed by atoms with Gasteiger partial charge in [0.1, 0.15) is 5.75 Å². The molecule has 0 radical (unpaired) electrons. The van der Waals surface area contributed by atoms with Crippen LogP contribution < -0.4 is 4.74 Å². The molecule has 2 aromatic carbocycles. The summed E-state index contributed by atoms with van der Waals surface area (Å²) in [5, 5.41) is 11.8. The molecule has 0 spiro atoms. The van der Waals surface area contributed by atoms with Crippen LogP contribution in [-0.4, -0.2) is 51.2 Å². The van der Waals surface area contributed by atoms with Gasteiger partial charge < -0.3 is 9.64 Å². The molecule has 2 unspecified atom stereocenters. The Morgan fingerprint density at radius 1 is 1.22 bits per heavy atom. The maximum absolute atomic E-state index is 12.9. The number of likely N-dealkylation sites (tertiary alicyclic amines) is 1. The molecule has 0 N–H and O–H groups in total. The number of fused-ring (bicyclic) bond motifs is 1. The number of piperidine rings is 1. The molecule has 9 heteroatoms. The molecule has 168 valence electrons. The number of rotatable bonds is 6. The lowest BCUT2D eigenvalue weighted by Crippen LogP contribution is -2.43. The number of ether oxygens (including phenoxy) is 1. The highest BCUT2D eigenvalue weighted by atomic mass is 32.2. The molecule has 3 aromatic rings. The van der Waals surface area contributed by atoms with Gasteiger partial charge in [0.25, 0.3) is 5.69 Å². The molecule has 0 bridgehead atoms. The van der Waals surface area contributed by atoms with Crippen molar-refractivity contribution in [2.45, 2.75) is 25.4 Å². The molecule has 1 amide bonds. The Bertz CT molecular complexity index is 1150. The van der Waals surface area contributed by atoms with Gasteiger partial charge in [-0.05, 0) is 36.5 Å². The summed E-state index contributed by atoms with van der Waals surface area (Å²) < 4.78 is 7.44. The molecule has 1 aliphatic heterocycles. The topological polar surface area (TPSA) is 90.5 Å². The summed E-state index contributed by atoms with van der Waals surface area (Å²) in [6.07, 6.45) is 1.14. The maximum atomic E-state index is 12.9. The maximum Gasteiger partial charge on any atom is 0.271 e. The number of amides is 1. The van der Waals surface area contributed by atoms with Gasteiger partial charge in [-0.2, -0.15) is 0 Å². The monoisotopic (exact) mass is 454 g/mol. The second-order valence-electron chi connectivity index (χ2n) is 8.37. The number of carbonyl (C=O) groups is 1. The molecule has 1 fully saturated rings. The molecule has 1 aromatic heterocycles. The number of carbonyl (C=O) groups excluding carboxylic acids is 1. The highest BCUT2D eigenvalue weighted by Gasteiger charge is 2.26. The van der Waals surface area contributed by atoms with Crippen molar-refractivity contribution in [2.24, 2.45) is 11.8 Å². The molecular weight excluding hydrogens is 428 g/mol. The van der Waals surface area contributed by atoms with Crippen molar-refractivity contribution in [3.05, 3.63) is 52.6 Å². The normalized spacial score (nSPS) is 18.7. The molecule has 0 aliphatic carbocycles. The van der Waals surface area contributed by atoms with Crippen LogP contribution in [0.5, 0.6) is 5.75 Å². The van der Waals surface area contributed by atoms with Gasteiger partial charge in [0.15, 0.2) is 5.16 Å². The first-order valence-electron chi connectivity index (χ1n) is 10.6. The van der Waals surface area contributed by atoms with Gasteiger partial charge in [0.2, 0.25) is 5.91 Å². The number of methoxy groups -OCH3 is 1. The summed E-state index contributed by atoms with van der Waals surface area (Å²) in [6.45, 7) is 5.91. The standard InChI is InChI=1S/C23H26N4O4S/c1-15-10-16(2)13-25(12-15)22(28)14-32-23-24-18-11-17(27(29)30)8-9-19(18)26(23)20-6-4-5-7-21(20)31-3/h4-9,11,15-16H,10,12-14H2,1-3H3. The van der Waals surface area contributed by atoms with Crippen LogP contribution in [0.25, 0.3) is 16.7 Å². The zero-order valence-electron chi connectivity index (χ0n) is 18.4. The van der Waals surface area contributed by atoms with Crippen molar-refractivity contribution in [1.29, 1.82) is 0 Å². The van der Waals surface area contributed by atoms with Gasteiger partial charge in [-0.15, -0.1) is 0 Å². The van der Waals surface area contributed by atoms with Gasteiger partial charge in [-0.1, -0.05) is 37.7 Å². The second-order valence-corrected chi connectivity index (χ2v) is 9.31. The minimum absolute atomic E-state index is 0.0221. The van der Waals surface area contributed by atoms with Crippen molar-refractivity contribution >= 4 is 34.4 Å². The van der Waals surface area contributed by atoms with E-state index in [-0.39, 0.29) is 17.3 Å². The van der Waals surface area contributed by atoms with E-state index >= 15 is 0 Å². The predicted molar refractivity (Wildman–Crippen MR) is 125 cm³/mol. The summed E-state index contributed by atoms with van der Waals surface area (Å²) in [4.78, 5) is 30.3. The fourth-order valence-corrected chi connectivity index (χ4v) is 5.31. The van der Waals surface area contributed by atoms with E-state index in [4.69, 9.17) is 4.74 Å². The van der Waals surface area contributed by atoms with Crippen molar-refractivity contribution in [3.63, 3.8) is 0 Å². The van der Waals surface area contributed by atoms with Crippen molar-refractivity contribution < 1.29 is 14.5 Å². The zero-order chi connectivity index (χ0) is 22.8. The number of hydrogen-bond acceptors (Lipinski definition) is 6. The second kappa shape index (κ2) is 9.20. The third kappa shape index (κ3) is 4.43. The quantitative estimate of drug-likeness (QED) is 0.309. The first-order chi connectivity index (χ1) is 15.4. The number of nitro groups is 1. The van der Waals surface area contributed by atoms with E-state index < -0.39 is 4.92 Å². The summed E-state index contributed by atoms with van der Waals surface area (Å²) in [7, 11) is 1.60. The van der Waals surface area contributed by atoms with E-state index in [2.05, 4.69) is 18.8 Å². The lowest BCUT2D eigenvalue weighted by molar-refractivity contribution is -0.384. The summed E-state index contributed by atoms with van der Waals surface area (Å²) in [6, 6.07) is 12.1. The Labute approximate surface area is 190 Å². The van der Waals surface area contributed by atoms with Gasteiger partial charge in [-0.3, -0.25) is 19.5 Å². The van der Waals surface area contributed by atoms with Gasteiger partial charge >= 0.3 is 0 Å². The Kier molecular flexibility index (Phi) is 6.36.